The van der Waals surface area contributed by atoms with E-state index in [-0.39, 0.29) is 23.3 Å². The normalized spacial score (nSPS) is 14.2. The fourth-order valence-electron chi connectivity index (χ4n) is 4.17. The predicted molar refractivity (Wildman–Crippen MR) is 128 cm³/mol. The molecule has 2 N–H and O–H groups in total. The Hall–Kier alpha value is -3.60. The van der Waals surface area contributed by atoms with Crippen LogP contribution in [-0.2, 0) is 4.79 Å². The summed E-state index contributed by atoms with van der Waals surface area (Å²) >= 11 is 1.22. The van der Waals surface area contributed by atoms with Crippen molar-refractivity contribution in [3.05, 3.63) is 39.3 Å². The Kier molecular flexibility index (Phi) is 6.73. The Balaban J connectivity index is 1.43. The van der Waals surface area contributed by atoms with Crippen LogP contribution in [0.4, 0.5) is 5.69 Å². The number of H-pyrrole nitrogens is 1. The number of nitrogens with one attached hydrogen (secondary N) is 2. The molecule has 0 aliphatic carbocycles. The van der Waals surface area contributed by atoms with E-state index in [1.807, 2.05) is 0 Å². The minimum Gasteiger partial charge on any atom is -0.493 e. The molecule has 3 aromatic rings. The van der Waals surface area contributed by atoms with E-state index in [9.17, 15) is 14.4 Å². The largest absolute Gasteiger partial charge is 0.493 e. The first kappa shape index (κ1) is 23.6. The molecule has 4 rings (SSSR count). The molecule has 3 heterocycles. The van der Waals surface area contributed by atoms with E-state index in [1.165, 1.54) is 39.0 Å². The number of aromatic nitrogens is 2. The third-order valence-corrected chi connectivity index (χ3v) is 7.20. The molecule has 0 saturated carbocycles. The minimum atomic E-state index is -0.250. The number of likely N-dealkylation sites (tertiary alicyclic amines) is 1. The number of thiophene rings is 1. The lowest BCUT2D eigenvalue weighted by atomic mass is 9.95. The van der Waals surface area contributed by atoms with Gasteiger partial charge in [-0.1, -0.05) is 0 Å². The van der Waals surface area contributed by atoms with Gasteiger partial charge in [0, 0.05) is 36.8 Å². The molecule has 180 valence electrons. The monoisotopic (exact) mass is 486 g/mol. The lowest BCUT2D eigenvalue weighted by Crippen LogP contribution is -2.41. The van der Waals surface area contributed by atoms with Gasteiger partial charge in [0.15, 0.2) is 11.5 Å². The highest BCUT2D eigenvalue weighted by Crippen LogP contribution is 2.40. The summed E-state index contributed by atoms with van der Waals surface area (Å²) in [4.78, 5) is 47.7. The smallest absolute Gasteiger partial charge is 0.264 e. The van der Waals surface area contributed by atoms with E-state index in [4.69, 9.17) is 14.2 Å². The third-order valence-electron chi connectivity index (χ3n) is 6.01. The number of fused-ring (bicyclic) bond motifs is 1. The summed E-state index contributed by atoms with van der Waals surface area (Å²) in [5, 5.41) is 3.37. The molecule has 1 aromatic carbocycles. The molecule has 34 heavy (non-hydrogen) atoms. The lowest BCUT2D eigenvalue weighted by Gasteiger charge is -2.31. The van der Waals surface area contributed by atoms with Crippen LogP contribution in [0.25, 0.3) is 10.2 Å². The number of nitrogens with zero attached hydrogens (tertiary/aromatic N) is 2. The molecular formula is C23H26N4O6S. The van der Waals surface area contributed by atoms with E-state index in [0.717, 1.165) is 0 Å². The zero-order chi connectivity index (χ0) is 24.4. The van der Waals surface area contributed by atoms with Crippen LogP contribution in [0.2, 0.25) is 0 Å². The van der Waals surface area contributed by atoms with Crippen molar-refractivity contribution in [1.29, 1.82) is 0 Å². The quantitative estimate of drug-likeness (QED) is 0.549. The molecule has 2 aromatic heterocycles. The van der Waals surface area contributed by atoms with Crippen LogP contribution in [0.15, 0.2) is 23.3 Å². The van der Waals surface area contributed by atoms with Gasteiger partial charge in [-0.05, 0) is 25.3 Å². The molecule has 1 fully saturated rings. The zero-order valence-corrected chi connectivity index (χ0v) is 20.2. The Bertz CT molecular complexity index is 1270. The lowest BCUT2D eigenvalue weighted by molar-refractivity contribution is -0.121. The number of ether oxygens (including phenoxy) is 3. The summed E-state index contributed by atoms with van der Waals surface area (Å²) in [6.07, 6.45) is 2.41. The highest BCUT2D eigenvalue weighted by Gasteiger charge is 2.30. The van der Waals surface area contributed by atoms with Crippen molar-refractivity contribution < 1.29 is 23.8 Å². The van der Waals surface area contributed by atoms with Gasteiger partial charge >= 0.3 is 0 Å². The van der Waals surface area contributed by atoms with Crippen LogP contribution < -0.4 is 25.1 Å². The maximum absolute atomic E-state index is 13.1. The number of piperidine rings is 1. The molecule has 1 saturated heterocycles. The number of aryl methyl sites for hydroxylation is 1. The summed E-state index contributed by atoms with van der Waals surface area (Å²) in [5.41, 5.74) is 0.929. The van der Waals surface area contributed by atoms with E-state index in [2.05, 4.69) is 15.3 Å². The molecule has 10 nitrogen and oxygen atoms in total. The molecule has 0 bridgehead atoms. The Morgan fingerprint density at radius 2 is 1.76 bits per heavy atom. The average molecular weight is 487 g/mol. The van der Waals surface area contributed by atoms with Crippen LogP contribution in [0.1, 0.15) is 28.1 Å². The van der Waals surface area contributed by atoms with Crippen LogP contribution in [0.3, 0.4) is 0 Å². The van der Waals surface area contributed by atoms with Crippen molar-refractivity contribution in [2.45, 2.75) is 19.8 Å². The first-order valence-corrected chi connectivity index (χ1v) is 11.6. The van der Waals surface area contributed by atoms with Crippen molar-refractivity contribution in [3.8, 4) is 17.2 Å². The first-order valence-electron chi connectivity index (χ1n) is 10.7. The zero-order valence-electron chi connectivity index (χ0n) is 19.4. The first-order chi connectivity index (χ1) is 16.4. The van der Waals surface area contributed by atoms with Crippen molar-refractivity contribution in [2.75, 3.05) is 39.7 Å². The third kappa shape index (κ3) is 4.30. The summed E-state index contributed by atoms with van der Waals surface area (Å²) in [5.74, 6) is 0.840. The number of amides is 2. The number of hydrogen-bond acceptors (Lipinski definition) is 8. The van der Waals surface area contributed by atoms with E-state index in [0.29, 0.717) is 69.5 Å². The van der Waals surface area contributed by atoms with Gasteiger partial charge < -0.3 is 29.4 Å². The number of anilines is 1. The number of methoxy groups -OCH3 is 3. The maximum atomic E-state index is 13.1. The van der Waals surface area contributed by atoms with Crippen LogP contribution in [-0.4, -0.2) is 61.1 Å². The average Bonchev–Trinajstić information content (AvgIpc) is 3.20. The highest BCUT2D eigenvalue weighted by atomic mass is 32.1. The van der Waals surface area contributed by atoms with Crippen molar-refractivity contribution >= 4 is 39.1 Å². The SMILES string of the molecule is COc1cc(NC(=O)C2CCN(C(=O)c3sc4nc[nH]c(=O)c4c3C)CC2)cc(OC)c1OC. The van der Waals surface area contributed by atoms with Gasteiger partial charge in [0.25, 0.3) is 11.5 Å². The topological polar surface area (TPSA) is 123 Å². The Labute approximate surface area is 199 Å². The van der Waals surface area contributed by atoms with Gasteiger partial charge in [0.2, 0.25) is 11.7 Å². The molecule has 1 aliphatic heterocycles. The van der Waals surface area contributed by atoms with E-state index in [1.54, 1.807) is 24.0 Å². The highest BCUT2D eigenvalue weighted by molar-refractivity contribution is 7.20. The van der Waals surface area contributed by atoms with Gasteiger partial charge in [-0.2, -0.15) is 0 Å². The standard InChI is InChI=1S/C23H26N4O6S/c1-12-17-21(29)24-11-25-22(17)34-19(12)23(30)27-7-5-13(6-8-27)20(28)26-14-9-15(31-2)18(33-4)16(10-14)32-3/h9-11,13H,5-8H2,1-4H3,(H,26,28)(H,24,25,29). The molecule has 0 spiro atoms. The second kappa shape index (κ2) is 9.72. The number of carbonyl (C=O) groups excluding carboxylic acids is 2. The molecule has 0 radical (unpaired) electrons. The number of aromatic amines is 1. The van der Waals surface area contributed by atoms with Gasteiger partial charge in [-0.15, -0.1) is 11.3 Å². The van der Waals surface area contributed by atoms with Crippen molar-refractivity contribution in [2.24, 2.45) is 5.92 Å². The summed E-state index contributed by atoms with van der Waals surface area (Å²) < 4.78 is 16.0. The number of hydrogen-bond donors (Lipinski definition) is 2. The minimum absolute atomic E-state index is 0.129. The van der Waals surface area contributed by atoms with Gasteiger partial charge in [-0.3, -0.25) is 14.4 Å². The maximum Gasteiger partial charge on any atom is 0.264 e. The molecular weight excluding hydrogens is 460 g/mol. The fourth-order valence-corrected chi connectivity index (χ4v) is 5.29. The van der Waals surface area contributed by atoms with Gasteiger partial charge in [0.1, 0.15) is 4.83 Å². The molecule has 0 atom stereocenters. The summed E-state index contributed by atoms with van der Waals surface area (Å²) in [7, 11) is 4.54. The molecule has 11 heteroatoms. The van der Waals surface area contributed by atoms with Gasteiger partial charge in [0.05, 0.1) is 37.9 Å². The number of benzene rings is 1. The molecule has 1 aliphatic rings. The second-order valence-corrected chi connectivity index (χ2v) is 8.94. The summed E-state index contributed by atoms with van der Waals surface area (Å²) in [6.45, 7) is 2.66. The van der Waals surface area contributed by atoms with Crippen molar-refractivity contribution in [1.82, 2.24) is 14.9 Å². The number of rotatable bonds is 6. The van der Waals surface area contributed by atoms with E-state index >= 15 is 0 Å². The van der Waals surface area contributed by atoms with Gasteiger partial charge in [-0.25, -0.2) is 4.98 Å². The predicted octanol–water partition coefficient (Wildman–Crippen LogP) is 2.81. The van der Waals surface area contributed by atoms with Crippen LogP contribution in [0, 0.1) is 12.8 Å². The van der Waals surface area contributed by atoms with Crippen molar-refractivity contribution in [3.63, 3.8) is 0 Å². The Morgan fingerprint density at radius 3 is 2.32 bits per heavy atom. The Morgan fingerprint density at radius 1 is 1.12 bits per heavy atom. The second-order valence-electron chi connectivity index (χ2n) is 7.94. The molecule has 2 amide bonds. The summed E-state index contributed by atoms with van der Waals surface area (Å²) in [6, 6.07) is 3.36. The van der Waals surface area contributed by atoms with E-state index < -0.39 is 0 Å². The van der Waals surface area contributed by atoms with Crippen LogP contribution in [0.5, 0.6) is 17.2 Å². The number of carbonyl (C=O) groups is 2. The van der Waals surface area contributed by atoms with Crippen LogP contribution >= 0.6 is 11.3 Å². The fraction of sp³-hybridized carbons (Fsp3) is 0.391. The molecule has 0 unspecified atom stereocenters.